The minimum absolute atomic E-state index is 0.112. The normalized spacial score (nSPS) is 21.6. The molecule has 3 rings (SSSR count). The van der Waals surface area contributed by atoms with Gasteiger partial charge in [0.05, 0.1) is 0 Å². The Morgan fingerprint density at radius 3 is 2.43 bits per heavy atom. The zero-order valence-corrected chi connectivity index (χ0v) is 14.4. The third-order valence-electron chi connectivity index (χ3n) is 5.34. The Hall–Kier alpha value is -1.13. The van der Waals surface area contributed by atoms with Gasteiger partial charge in [-0.25, -0.2) is 4.39 Å². The third kappa shape index (κ3) is 3.86. The lowest BCUT2D eigenvalue weighted by molar-refractivity contribution is 0.0624. The van der Waals surface area contributed by atoms with Gasteiger partial charge in [-0.1, -0.05) is 11.6 Å². The molecule has 0 aliphatic carbocycles. The molecule has 1 aromatic carbocycles. The van der Waals surface area contributed by atoms with Crippen LogP contribution < -0.4 is 0 Å². The maximum atomic E-state index is 13.4. The van der Waals surface area contributed by atoms with E-state index >= 15 is 0 Å². The number of carbonyl (C=O) groups is 1. The number of nitrogens with zero attached hydrogens (tertiary/aromatic N) is 2. The maximum Gasteiger partial charge on any atom is 0.254 e. The minimum Gasteiger partial charge on any atom is -0.339 e. The molecule has 2 heterocycles. The van der Waals surface area contributed by atoms with E-state index in [4.69, 9.17) is 11.6 Å². The monoisotopic (exact) mass is 338 g/mol. The highest BCUT2D eigenvalue weighted by atomic mass is 35.5. The highest BCUT2D eigenvalue weighted by Crippen LogP contribution is 2.27. The number of piperidine rings is 1. The van der Waals surface area contributed by atoms with Crippen molar-refractivity contribution in [2.75, 3.05) is 26.2 Å². The van der Waals surface area contributed by atoms with Crippen LogP contribution in [0, 0.1) is 11.7 Å². The third-order valence-corrected chi connectivity index (χ3v) is 5.55. The van der Waals surface area contributed by atoms with Gasteiger partial charge in [-0.05, 0) is 69.8 Å². The van der Waals surface area contributed by atoms with E-state index in [1.54, 1.807) is 6.07 Å². The molecular formula is C18H24ClFN2O. The Morgan fingerprint density at radius 1 is 1.17 bits per heavy atom. The SMILES string of the molecule is CC(C1CCN(C(=O)c2cc(F)cc(Cl)c2)CC1)N1CCCC1. The number of carbonyl (C=O) groups excluding carboxylic acids is 1. The molecule has 0 bridgehead atoms. The molecule has 0 aromatic heterocycles. The summed E-state index contributed by atoms with van der Waals surface area (Å²) in [5, 5.41) is 0.269. The molecule has 23 heavy (non-hydrogen) atoms. The molecule has 0 N–H and O–H groups in total. The summed E-state index contributed by atoms with van der Waals surface area (Å²) in [5.74, 6) is 0.0744. The molecule has 2 fully saturated rings. The van der Waals surface area contributed by atoms with Crippen molar-refractivity contribution in [1.29, 1.82) is 0 Å². The van der Waals surface area contributed by atoms with Gasteiger partial charge in [-0.2, -0.15) is 0 Å². The molecule has 5 heteroatoms. The van der Waals surface area contributed by atoms with Gasteiger partial charge in [0.25, 0.3) is 5.91 Å². The van der Waals surface area contributed by atoms with Gasteiger partial charge in [0.2, 0.25) is 0 Å². The highest BCUT2D eigenvalue weighted by Gasteiger charge is 2.30. The van der Waals surface area contributed by atoms with Crippen molar-refractivity contribution in [3.05, 3.63) is 34.6 Å². The van der Waals surface area contributed by atoms with Crippen LogP contribution in [0.4, 0.5) is 4.39 Å². The minimum atomic E-state index is -0.460. The smallest absolute Gasteiger partial charge is 0.254 e. The topological polar surface area (TPSA) is 23.6 Å². The van der Waals surface area contributed by atoms with E-state index in [1.165, 1.54) is 38.1 Å². The Morgan fingerprint density at radius 2 is 1.83 bits per heavy atom. The van der Waals surface area contributed by atoms with Crippen molar-refractivity contribution in [2.24, 2.45) is 5.92 Å². The van der Waals surface area contributed by atoms with Gasteiger partial charge in [0.1, 0.15) is 5.82 Å². The predicted octanol–water partition coefficient (Wildman–Crippen LogP) is 3.82. The van der Waals surface area contributed by atoms with Crippen LogP contribution in [0.1, 0.15) is 43.0 Å². The number of benzene rings is 1. The quantitative estimate of drug-likeness (QED) is 0.836. The zero-order valence-electron chi connectivity index (χ0n) is 13.6. The first-order chi connectivity index (χ1) is 11.0. The summed E-state index contributed by atoms with van der Waals surface area (Å²) in [5.41, 5.74) is 0.348. The molecule has 2 saturated heterocycles. The Bertz CT molecular complexity index is 546. The largest absolute Gasteiger partial charge is 0.339 e. The average molecular weight is 339 g/mol. The van der Waals surface area contributed by atoms with Crippen molar-refractivity contribution in [2.45, 2.75) is 38.6 Å². The van der Waals surface area contributed by atoms with Crippen molar-refractivity contribution in [3.8, 4) is 0 Å². The van der Waals surface area contributed by atoms with Gasteiger partial charge in [0, 0.05) is 29.7 Å². The number of hydrogen-bond donors (Lipinski definition) is 0. The summed E-state index contributed by atoms with van der Waals surface area (Å²) in [6.45, 7) is 6.23. The van der Waals surface area contributed by atoms with Crippen LogP contribution in [-0.2, 0) is 0 Å². The summed E-state index contributed by atoms with van der Waals surface area (Å²) in [4.78, 5) is 16.9. The molecule has 0 spiro atoms. The van der Waals surface area contributed by atoms with E-state index < -0.39 is 5.82 Å². The molecule has 126 valence electrons. The second kappa shape index (κ2) is 7.18. The van der Waals surface area contributed by atoms with Gasteiger partial charge < -0.3 is 9.80 Å². The Labute approximate surface area is 142 Å². The lowest BCUT2D eigenvalue weighted by Gasteiger charge is -2.38. The standard InChI is InChI=1S/C18H24ClFN2O/c1-13(21-6-2-3-7-21)14-4-8-22(9-5-14)18(23)15-10-16(19)12-17(20)11-15/h10-14H,2-9H2,1H3. The summed E-state index contributed by atoms with van der Waals surface area (Å²) in [6, 6.07) is 4.64. The molecule has 3 nitrogen and oxygen atoms in total. The van der Waals surface area contributed by atoms with Crippen LogP contribution in [0.2, 0.25) is 5.02 Å². The van der Waals surface area contributed by atoms with Crippen molar-refractivity contribution in [1.82, 2.24) is 9.80 Å². The maximum absolute atomic E-state index is 13.4. The number of amides is 1. The van der Waals surface area contributed by atoms with E-state index in [-0.39, 0.29) is 10.9 Å². The van der Waals surface area contributed by atoms with E-state index in [0.29, 0.717) is 17.5 Å². The van der Waals surface area contributed by atoms with E-state index in [9.17, 15) is 9.18 Å². The fourth-order valence-corrected chi connectivity index (χ4v) is 4.11. The van der Waals surface area contributed by atoms with Crippen molar-refractivity contribution < 1.29 is 9.18 Å². The molecule has 2 aliphatic heterocycles. The molecule has 1 atom stereocenters. The van der Waals surface area contributed by atoms with Gasteiger partial charge in [0.15, 0.2) is 0 Å². The number of hydrogen-bond acceptors (Lipinski definition) is 2. The Balaban J connectivity index is 1.58. The summed E-state index contributed by atoms with van der Waals surface area (Å²) in [7, 11) is 0. The van der Waals surface area contributed by atoms with Crippen LogP contribution in [0.25, 0.3) is 0 Å². The van der Waals surface area contributed by atoms with Crippen LogP contribution in [-0.4, -0.2) is 47.9 Å². The molecule has 1 unspecified atom stereocenters. The van der Waals surface area contributed by atoms with E-state index in [1.807, 2.05) is 4.90 Å². The van der Waals surface area contributed by atoms with E-state index in [0.717, 1.165) is 25.9 Å². The lowest BCUT2D eigenvalue weighted by Crippen LogP contribution is -2.45. The van der Waals surface area contributed by atoms with Crippen molar-refractivity contribution >= 4 is 17.5 Å². The number of rotatable bonds is 3. The van der Waals surface area contributed by atoms with Crippen LogP contribution in [0.3, 0.4) is 0 Å². The van der Waals surface area contributed by atoms with Gasteiger partial charge in [-0.3, -0.25) is 4.79 Å². The first-order valence-electron chi connectivity index (χ1n) is 8.54. The molecule has 0 radical (unpaired) electrons. The number of halogens is 2. The zero-order chi connectivity index (χ0) is 16.4. The molecular weight excluding hydrogens is 315 g/mol. The molecule has 1 amide bonds. The predicted molar refractivity (Wildman–Crippen MR) is 90.3 cm³/mol. The second-order valence-electron chi connectivity index (χ2n) is 6.77. The second-order valence-corrected chi connectivity index (χ2v) is 7.21. The van der Waals surface area contributed by atoms with Crippen molar-refractivity contribution in [3.63, 3.8) is 0 Å². The van der Waals surface area contributed by atoms with Gasteiger partial charge in [-0.15, -0.1) is 0 Å². The van der Waals surface area contributed by atoms with Gasteiger partial charge >= 0.3 is 0 Å². The van der Waals surface area contributed by atoms with Crippen LogP contribution in [0.5, 0.6) is 0 Å². The summed E-state index contributed by atoms with van der Waals surface area (Å²) < 4.78 is 13.4. The fourth-order valence-electron chi connectivity index (χ4n) is 3.89. The molecule has 2 aliphatic rings. The fraction of sp³-hybridized carbons (Fsp3) is 0.611. The summed E-state index contributed by atoms with van der Waals surface area (Å²) in [6.07, 6.45) is 4.66. The van der Waals surface area contributed by atoms with Crippen LogP contribution >= 0.6 is 11.6 Å². The highest BCUT2D eigenvalue weighted by molar-refractivity contribution is 6.31. The van der Waals surface area contributed by atoms with Crippen LogP contribution in [0.15, 0.2) is 18.2 Å². The van der Waals surface area contributed by atoms with E-state index in [2.05, 4.69) is 11.8 Å². The molecule has 0 saturated carbocycles. The average Bonchev–Trinajstić information content (AvgIpc) is 3.07. The number of likely N-dealkylation sites (tertiary alicyclic amines) is 2. The summed E-state index contributed by atoms with van der Waals surface area (Å²) >= 11 is 5.85. The lowest BCUT2D eigenvalue weighted by atomic mass is 9.89. The molecule has 1 aromatic rings. The first kappa shape index (κ1) is 16.7. The Kier molecular flexibility index (Phi) is 5.22. The first-order valence-corrected chi connectivity index (χ1v) is 8.92.